The van der Waals surface area contributed by atoms with Gasteiger partial charge in [0.2, 0.25) is 0 Å². The van der Waals surface area contributed by atoms with Gasteiger partial charge < -0.3 is 10.4 Å². The number of benzene rings is 2. The Morgan fingerprint density at radius 3 is 2.47 bits per heavy atom. The average Bonchev–Trinajstić information content (AvgIpc) is 2.33. The summed E-state index contributed by atoms with van der Waals surface area (Å²) < 4.78 is 27.6. The number of anilines is 1. The van der Waals surface area contributed by atoms with Crippen LogP contribution in [0.5, 0.6) is 5.75 Å². The maximum Gasteiger partial charge on any atom is 0.166 e. The van der Waals surface area contributed by atoms with E-state index < -0.39 is 11.6 Å². The van der Waals surface area contributed by atoms with Crippen LogP contribution in [-0.2, 0) is 0 Å². The maximum absolute atomic E-state index is 13.8. The lowest BCUT2D eigenvalue weighted by Crippen LogP contribution is -2.08. The second-order valence-electron chi connectivity index (χ2n) is 4.20. The van der Waals surface area contributed by atoms with E-state index in [1.54, 1.807) is 19.1 Å². The Morgan fingerprint density at radius 2 is 1.84 bits per heavy atom. The van der Waals surface area contributed by atoms with Crippen LogP contribution in [0, 0.1) is 11.6 Å². The maximum atomic E-state index is 13.8. The third-order valence-electron chi connectivity index (χ3n) is 2.76. The number of hydrogen-bond acceptors (Lipinski definition) is 2. The molecule has 5 heteroatoms. The van der Waals surface area contributed by atoms with Crippen molar-refractivity contribution in [1.82, 2.24) is 0 Å². The van der Waals surface area contributed by atoms with Gasteiger partial charge in [-0.25, -0.2) is 8.78 Å². The van der Waals surface area contributed by atoms with Gasteiger partial charge in [0.15, 0.2) is 11.6 Å². The molecule has 0 saturated carbocycles. The van der Waals surface area contributed by atoms with E-state index in [1.165, 1.54) is 24.3 Å². The van der Waals surface area contributed by atoms with Gasteiger partial charge >= 0.3 is 0 Å². The minimum atomic E-state index is -0.714. The second-order valence-corrected chi connectivity index (χ2v) is 5.11. The van der Waals surface area contributed by atoms with Crippen molar-refractivity contribution in [3.63, 3.8) is 0 Å². The highest BCUT2D eigenvalue weighted by molar-refractivity contribution is 9.10. The number of hydrogen-bond donors (Lipinski definition) is 2. The van der Waals surface area contributed by atoms with Gasteiger partial charge in [0.25, 0.3) is 0 Å². The van der Waals surface area contributed by atoms with E-state index >= 15 is 0 Å². The molecular weight excluding hydrogens is 316 g/mol. The lowest BCUT2D eigenvalue weighted by Gasteiger charge is -2.16. The van der Waals surface area contributed by atoms with Crippen molar-refractivity contribution in [2.24, 2.45) is 0 Å². The number of rotatable bonds is 3. The van der Waals surface area contributed by atoms with Crippen LogP contribution in [0.2, 0.25) is 0 Å². The molecule has 0 radical (unpaired) electrons. The predicted octanol–water partition coefficient (Wildman–Crippen LogP) is 4.61. The molecule has 0 amide bonds. The van der Waals surface area contributed by atoms with E-state index in [2.05, 4.69) is 21.2 Å². The van der Waals surface area contributed by atoms with E-state index in [0.29, 0.717) is 15.7 Å². The largest absolute Gasteiger partial charge is 0.505 e. The van der Waals surface area contributed by atoms with Crippen molar-refractivity contribution < 1.29 is 13.9 Å². The summed E-state index contributed by atoms with van der Waals surface area (Å²) in [5.41, 5.74) is 0.960. The molecule has 0 aromatic heterocycles. The molecule has 0 aliphatic heterocycles. The fourth-order valence-corrected chi connectivity index (χ4v) is 2.11. The Morgan fingerprint density at radius 1 is 1.11 bits per heavy atom. The van der Waals surface area contributed by atoms with E-state index in [0.717, 1.165) is 0 Å². The molecule has 1 unspecified atom stereocenters. The molecule has 0 aliphatic rings. The van der Waals surface area contributed by atoms with Gasteiger partial charge in [-0.2, -0.15) is 0 Å². The van der Waals surface area contributed by atoms with E-state index in [9.17, 15) is 8.78 Å². The lowest BCUT2D eigenvalue weighted by molar-refractivity contribution is 0.432. The van der Waals surface area contributed by atoms with Crippen molar-refractivity contribution in [3.05, 3.63) is 58.1 Å². The molecule has 0 aliphatic carbocycles. The van der Waals surface area contributed by atoms with Crippen LogP contribution in [0.15, 0.2) is 40.9 Å². The minimum Gasteiger partial charge on any atom is -0.505 e. The summed E-state index contributed by atoms with van der Waals surface area (Å²) in [5.74, 6) is -1.46. The normalized spacial score (nSPS) is 12.2. The van der Waals surface area contributed by atoms with E-state index in [-0.39, 0.29) is 11.9 Å². The standard InChI is InChI=1S/C14H12BrF2NO/c1-8(11-4-2-9(15)6-12(11)16)18-10-3-5-14(19)13(17)7-10/h2-8,18-19H,1H3. The van der Waals surface area contributed by atoms with Crippen molar-refractivity contribution in [2.75, 3.05) is 5.32 Å². The summed E-state index contributed by atoms with van der Waals surface area (Å²) in [6.45, 7) is 1.77. The molecule has 0 spiro atoms. The molecule has 2 aromatic rings. The predicted molar refractivity (Wildman–Crippen MR) is 74.2 cm³/mol. The Labute approximate surface area is 118 Å². The summed E-state index contributed by atoms with van der Waals surface area (Å²) >= 11 is 3.19. The molecule has 2 nitrogen and oxygen atoms in total. The van der Waals surface area contributed by atoms with Crippen molar-refractivity contribution in [3.8, 4) is 5.75 Å². The zero-order valence-corrected chi connectivity index (χ0v) is 11.7. The van der Waals surface area contributed by atoms with Crippen LogP contribution in [0.3, 0.4) is 0 Å². The molecule has 2 N–H and O–H groups in total. The molecule has 2 aromatic carbocycles. The number of phenols is 1. The van der Waals surface area contributed by atoms with Crippen LogP contribution in [0.4, 0.5) is 14.5 Å². The Kier molecular flexibility index (Phi) is 4.04. The van der Waals surface area contributed by atoms with Gasteiger partial charge in [0, 0.05) is 21.8 Å². The first-order chi connectivity index (χ1) is 8.97. The highest BCUT2D eigenvalue weighted by Gasteiger charge is 2.12. The first kappa shape index (κ1) is 13.8. The molecule has 0 heterocycles. The zero-order chi connectivity index (χ0) is 14.0. The van der Waals surface area contributed by atoms with Crippen LogP contribution in [0.1, 0.15) is 18.5 Å². The van der Waals surface area contributed by atoms with E-state index in [1.807, 2.05) is 0 Å². The summed E-state index contributed by atoms with van der Waals surface area (Å²) in [6.07, 6.45) is 0. The third-order valence-corrected chi connectivity index (χ3v) is 3.25. The van der Waals surface area contributed by atoms with Gasteiger partial charge in [-0.05, 0) is 31.2 Å². The smallest absolute Gasteiger partial charge is 0.166 e. The lowest BCUT2D eigenvalue weighted by atomic mass is 10.1. The van der Waals surface area contributed by atoms with Crippen LogP contribution < -0.4 is 5.32 Å². The van der Waals surface area contributed by atoms with Gasteiger partial charge in [-0.3, -0.25) is 0 Å². The Bertz CT molecular complexity index is 604. The molecule has 0 fully saturated rings. The SMILES string of the molecule is CC(Nc1ccc(O)c(F)c1)c1ccc(Br)cc1F. The van der Waals surface area contributed by atoms with Gasteiger partial charge in [-0.15, -0.1) is 0 Å². The van der Waals surface area contributed by atoms with Gasteiger partial charge in [0.05, 0.1) is 6.04 Å². The molecule has 2 rings (SSSR count). The quantitative estimate of drug-likeness (QED) is 0.807. The topological polar surface area (TPSA) is 32.3 Å². The molecule has 100 valence electrons. The highest BCUT2D eigenvalue weighted by atomic mass is 79.9. The molecule has 1 atom stereocenters. The highest BCUT2D eigenvalue weighted by Crippen LogP contribution is 2.26. The Balaban J connectivity index is 2.20. The Hall–Kier alpha value is -1.62. The average molecular weight is 328 g/mol. The number of phenolic OH excluding ortho intramolecular Hbond substituents is 1. The summed E-state index contributed by atoms with van der Waals surface area (Å²) in [6, 6.07) is 8.42. The summed E-state index contributed by atoms with van der Waals surface area (Å²) in [7, 11) is 0. The van der Waals surface area contributed by atoms with Gasteiger partial charge in [0.1, 0.15) is 5.82 Å². The van der Waals surface area contributed by atoms with Crippen molar-refractivity contribution in [1.29, 1.82) is 0 Å². The first-order valence-electron chi connectivity index (χ1n) is 5.67. The molecule has 0 saturated heterocycles. The molecular formula is C14H12BrF2NO. The minimum absolute atomic E-state index is 0.322. The summed E-state index contributed by atoms with van der Waals surface area (Å²) in [5, 5.41) is 12.1. The monoisotopic (exact) mass is 327 g/mol. The zero-order valence-electron chi connectivity index (χ0n) is 10.1. The molecule has 0 bridgehead atoms. The third kappa shape index (κ3) is 3.23. The number of nitrogens with one attached hydrogen (secondary N) is 1. The number of aromatic hydroxyl groups is 1. The molecule has 19 heavy (non-hydrogen) atoms. The second kappa shape index (κ2) is 5.57. The van der Waals surface area contributed by atoms with Crippen molar-refractivity contribution in [2.45, 2.75) is 13.0 Å². The number of halogens is 3. The van der Waals surface area contributed by atoms with Crippen LogP contribution in [0.25, 0.3) is 0 Å². The summed E-state index contributed by atoms with van der Waals surface area (Å²) in [4.78, 5) is 0. The fraction of sp³-hybridized carbons (Fsp3) is 0.143. The van der Waals surface area contributed by atoms with Crippen LogP contribution in [-0.4, -0.2) is 5.11 Å². The van der Waals surface area contributed by atoms with Gasteiger partial charge in [-0.1, -0.05) is 22.0 Å². The van der Waals surface area contributed by atoms with E-state index in [4.69, 9.17) is 5.11 Å². The first-order valence-corrected chi connectivity index (χ1v) is 6.46. The fourth-order valence-electron chi connectivity index (χ4n) is 1.78. The van der Waals surface area contributed by atoms with Crippen LogP contribution >= 0.6 is 15.9 Å². The van der Waals surface area contributed by atoms with Crippen molar-refractivity contribution >= 4 is 21.6 Å².